The van der Waals surface area contributed by atoms with Gasteiger partial charge in [-0.3, -0.25) is 14.3 Å². The van der Waals surface area contributed by atoms with Crippen LogP contribution in [0, 0.1) is 0 Å². The predicted octanol–water partition coefficient (Wildman–Crippen LogP) is 2.04. The van der Waals surface area contributed by atoms with Crippen LogP contribution in [-0.2, 0) is 6.54 Å². The lowest BCUT2D eigenvalue weighted by molar-refractivity contribution is 0.0714. The summed E-state index contributed by atoms with van der Waals surface area (Å²) >= 11 is 0. The Kier molecular flexibility index (Phi) is 3.73. The van der Waals surface area contributed by atoms with Gasteiger partial charge in [0.1, 0.15) is 0 Å². The predicted molar refractivity (Wildman–Crippen MR) is 81.4 cm³/mol. The summed E-state index contributed by atoms with van der Waals surface area (Å²) in [5.74, 6) is -0.229. The van der Waals surface area contributed by atoms with Gasteiger partial charge in [-0.05, 0) is 38.3 Å². The number of amides is 1. The third-order valence-electron chi connectivity index (χ3n) is 4.01. The molecule has 0 aliphatic carbocycles. The Morgan fingerprint density at radius 2 is 1.90 bits per heavy atom. The fraction of sp³-hybridized carbons (Fsp3) is 0.438. The lowest BCUT2D eigenvalue weighted by Gasteiger charge is -2.26. The number of fused-ring (bicyclic) bond motifs is 1. The first-order valence-corrected chi connectivity index (χ1v) is 7.51. The van der Waals surface area contributed by atoms with Crippen LogP contribution >= 0.6 is 0 Å². The molecule has 1 aromatic heterocycles. The summed E-state index contributed by atoms with van der Waals surface area (Å²) in [6, 6.07) is 7.32. The maximum atomic E-state index is 12.6. The van der Waals surface area contributed by atoms with Crippen molar-refractivity contribution < 1.29 is 4.79 Å². The van der Waals surface area contributed by atoms with Crippen LogP contribution in [0.25, 0.3) is 10.9 Å². The van der Waals surface area contributed by atoms with Gasteiger partial charge < -0.3 is 4.90 Å². The van der Waals surface area contributed by atoms with Crippen molar-refractivity contribution in [2.24, 2.45) is 0 Å². The molecule has 2 aromatic rings. The van der Waals surface area contributed by atoms with E-state index in [1.165, 1.54) is 0 Å². The van der Waals surface area contributed by atoms with Crippen LogP contribution < -0.4 is 5.43 Å². The van der Waals surface area contributed by atoms with Crippen molar-refractivity contribution in [2.75, 3.05) is 13.1 Å². The second-order valence-corrected chi connectivity index (χ2v) is 5.36. The molecule has 0 bridgehead atoms. The van der Waals surface area contributed by atoms with Crippen LogP contribution in [0.5, 0.6) is 0 Å². The molecule has 5 heteroatoms. The molecule has 0 atom stereocenters. The molecule has 1 aliphatic heterocycles. The monoisotopic (exact) mass is 285 g/mol. The number of piperidine rings is 1. The molecular formula is C16H19N3O2. The van der Waals surface area contributed by atoms with E-state index in [0.29, 0.717) is 11.9 Å². The van der Waals surface area contributed by atoms with Gasteiger partial charge in [0.2, 0.25) is 5.43 Å². The maximum Gasteiger partial charge on any atom is 0.278 e. The molecule has 1 saturated heterocycles. The number of aromatic nitrogens is 2. The molecule has 1 aromatic carbocycles. The van der Waals surface area contributed by atoms with Gasteiger partial charge in [0.25, 0.3) is 5.91 Å². The zero-order chi connectivity index (χ0) is 14.8. The maximum absolute atomic E-state index is 12.6. The van der Waals surface area contributed by atoms with Gasteiger partial charge in [0.15, 0.2) is 5.69 Å². The topological polar surface area (TPSA) is 55.2 Å². The number of aryl methyl sites for hydroxylation is 1. The zero-order valence-corrected chi connectivity index (χ0v) is 12.2. The Hall–Kier alpha value is -2.17. The number of benzene rings is 1. The lowest BCUT2D eigenvalue weighted by Crippen LogP contribution is -2.39. The molecule has 0 radical (unpaired) electrons. The first kappa shape index (κ1) is 13.8. The highest BCUT2D eigenvalue weighted by atomic mass is 16.2. The highest BCUT2D eigenvalue weighted by molar-refractivity contribution is 5.95. The van der Waals surface area contributed by atoms with Gasteiger partial charge in [0, 0.05) is 25.0 Å². The minimum absolute atomic E-state index is 0.0532. The Bertz CT molecular complexity index is 730. The number of nitrogens with zero attached hydrogens (tertiary/aromatic N) is 3. The average Bonchev–Trinajstić information content (AvgIpc) is 2.56. The van der Waals surface area contributed by atoms with Crippen LogP contribution in [-0.4, -0.2) is 33.7 Å². The van der Waals surface area contributed by atoms with E-state index in [0.717, 1.165) is 37.9 Å². The molecule has 110 valence electrons. The van der Waals surface area contributed by atoms with E-state index in [9.17, 15) is 9.59 Å². The normalized spacial score (nSPS) is 15.4. The zero-order valence-electron chi connectivity index (χ0n) is 12.2. The summed E-state index contributed by atoms with van der Waals surface area (Å²) in [6.07, 6.45) is 3.15. The molecule has 0 N–H and O–H groups in total. The summed E-state index contributed by atoms with van der Waals surface area (Å²) in [7, 11) is 0. The van der Waals surface area contributed by atoms with E-state index in [1.54, 1.807) is 15.6 Å². The smallest absolute Gasteiger partial charge is 0.278 e. The number of para-hydroxylation sites is 1. The van der Waals surface area contributed by atoms with Crippen LogP contribution in [0.3, 0.4) is 0 Å². The Morgan fingerprint density at radius 3 is 2.62 bits per heavy atom. The summed E-state index contributed by atoms with van der Waals surface area (Å²) in [5.41, 5.74) is 0.573. The van der Waals surface area contributed by atoms with E-state index >= 15 is 0 Å². The highest BCUT2D eigenvalue weighted by Gasteiger charge is 2.23. The first-order chi connectivity index (χ1) is 10.2. The third-order valence-corrected chi connectivity index (χ3v) is 4.01. The molecule has 1 amide bonds. The number of carbonyl (C=O) groups is 1. The van der Waals surface area contributed by atoms with Crippen molar-refractivity contribution in [3.05, 3.63) is 40.2 Å². The molecule has 5 nitrogen and oxygen atoms in total. The van der Waals surface area contributed by atoms with Gasteiger partial charge >= 0.3 is 0 Å². The van der Waals surface area contributed by atoms with Crippen molar-refractivity contribution in [2.45, 2.75) is 32.7 Å². The summed E-state index contributed by atoms with van der Waals surface area (Å²) in [5, 5.41) is 4.87. The molecule has 1 aliphatic rings. The number of likely N-dealkylation sites (tertiary alicyclic amines) is 1. The van der Waals surface area contributed by atoms with Gasteiger partial charge in [-0.2, -0.15) is 5.10 Å². The second kappa shape index (κ2) is 5.68. The van der Waals surface area contributed by atoms with E-state index in [4.69, 9.17) is 0 Å². The molecule has 0 unspecified atom stereocenters. The van der Waals surface area contributed by atoms with Crippen molar-refractivity contribution in [3.8, 4) is 0 Å². The third kappa shape index (κ3) is 2.44. The fourth-order valence-electron chi connectivity index (χ4n) is 2.87. The number of hydrogen-bond donors (Lipinski definition) is 0. The van der Waals surface area contributed by atoms with E-state index in [1.807, 2.05) is 25.1 Å². The largest absolute Gasteiger partial charge is 0.337 e. The fourth-order valence-corrected chi connectivity index (χ4v) is 2.87. The van der Waals surface area contributed by atoms with Crippen LogP contribution in [0.4, 0.5) is 0 Å². The van der Waals surface area contributed by atoms with Gasteiger partial charge in [0.05, 0.1) is 5.52 Å². The van der Waals surface area contributed by atoms with E-state index in [2.05, 4.69) is 5.10 Å². The SMILES string of the molecule is CCn1nc(C(=O)N2CCCCC2)c(=O)c2ccccc21. The Labute approximate surface area is 123 Å². The van der Waals surface area contributed by atoms with E-state index < -0.39 is 0 Å². The van der Waals surface area contributed by atoms with Crippen molar-refractivity contribution in [3.63, 3.8) is 0 Å². The average molecular weight is 285 g/mol. The minimum Gasteiger partial charge on any atom is -0.337 e. The molecule has 0 saturated carbocycles. The van der Waals surface area contributed by atoms with E-state index in [-0.39, 0.29) is 17.0 Å². The molecule has 1 fully saturated rings. The second-order valence-electron chi connectivity index (χ2n) is 5.36. The number of hydrogen-bond acceptors (Lipinski definition) is 3. The number of carbonyl (C=O) groups excluding carboxylic acids is 1. The molecule has 21 heavy (non-hydrogen) atoms. The van der Waals surface area contributed by atoms with Crippen LogP contribution in [0.2, 0.25) is 0 Å². The van der Waals surface area contributed by atoms with Crippen LogP contribution in [0.1, 0.15) is 36.7 Å². The Morgan fingerprint density at radius 1 is 1.19 bits per heavy atom. The van der Waals surface area contributed by atoms with Crippen LogP contribution in [0.15, 0.2) is 29.1 Å². The highest BCUT2D eigenvalue weighted by Crippen LogP contribution is 2.13. The van der Waals surface area contributed by atoms with Crippen molar-refractivity contribution >= 4 is 16.8 Å². The Balaban J connectivity index is 2.12. The first-order valence-electron chi connectivity index (χ1n) is 7.51. The standard InChI is InChI=1S/C16H19N3O2/c1-2-19-13-9-5-4-8-12(13)15(20)14(17-19)16(21)18-10-6-3-7-11-18/h4-5,8-9H,2-3,6-7,10-11H2,1H3. The molecule has 2 heterocycles. The van der Waals surface area contributed by atoms with Crippen molar-refractivity contribution in [1.29, 1.82) is 0 Å². The summed E-state index contributed by atoms with van der Waals surface area (Å²) in [6.45, 7) is 4.03. The lowest BCUT2D eigenvalue weighted by atomic mass is 10.1. The van der Waals surface area contributed by atoms with Gasteiger partial charge in [-0.1, -0.05) is 12.1 Å². The minimum atomic E-state index is -0.258. The van der Waals surface area contributed by atoms with Gasteiger partial charge in [-0.25, -0.2) is 0 Å². The molecule has 3 rings (SSSR count). The number of rotatable bonds is 2. The summed E-state index contributed by atoms with van der Waals surface area (Å²) in [4.78, 5) is 26.9. The molecule has 0 spiro atoms. The quantitative estimate of drug-likeness (QED) is 0.848. The van der Waals surface area contributed by atoms with Gasteiger partial charge in [-0.15, -0.1) is 0 Å². The summed E-state index contributed by atoms with van der Waals surface area (Å²) < 4.78 is 1.73. The van der Waals surface area contributed by atoms with Crippen molar-refractivity contribution in [1.82, 2.24) is 14.7 Å². The molecular weight excluding hydrogens is 266 g/mol.